The molecule has 1 unspecified atom stereocenters. The first kappa shape index (κ1) is 14.7. The molecule has 1 aliphatic rings. The predicted molar refractivity (Wildman–Crippen MR) is 78.6 cm³/mol. The smallest absolute Gasteiger partial charge is 0.234 e. The maximum atomic E-state index is 12.2. The number of ketones is 1. The van der Waals surface area contributed by atoms with Crippen molar-refractivity contribution in [1.29, 1.82) is 0 Å². The molecule has 108 valence electrons. The number of amides is 1. The maximum Gasteiger partial charge on any atom is 0.234 e. The fraction of sp³-hybridized carbons (Fsp3) is 0.500. The Labute approximate surface area is 119 Å². The lowest BCUT2D eigenvalue weighted by molar-refractivity contribution is -0.122. The van der Waals surface area contributed by atoms with E-state index in [2.05, 4.69) is 6.92 Å². The van der Waals surface area contributed by atoms with E-state index in [9.17, 15) is 9.59 Å². The van der Waals surface area contributed by atoms with E-state index >= 15 is 0 Å². The van der Waals surface area contributed by atoms with Crippen LogP contribution in [0, 0.1) is 0 Å². The second kappa shape index (κ2) is 6.66. The summed E-state index contributed by atoms with van der Waals surface area (Å²) in [5, 5.41) is 0. The Bertz CT molecular complexity index is 482. The van der Waals surface area contributed by atoms with Crippen LogP contribution >= 0.6 is 0 Å². The summed E-state index contributed by atoms with van der Waals surface area (Å²) in [5.74, 6) is -0.269. The topological polar surface area (TPSA) is 63.4 Å². The van der Waals surface area contributed by atoms with Gasteiger partial charge in [-0.05, 0) is 31.4 Å². The fourth-order valence-electron chi connectivity index (χ4n) is 2.76. The van der Waals surface area contributed by atoms with E-state index in [-0.39, 0.29) is 24.3 Å². The van der Waals surface area contributed by atoms with E-state index < -0.39 is 0 Å². The summed E-state index contributed by atoms with van der Waals surface area (Å²) in [7, 11) is 0. The first-order valence-corrected chi connectivity index (χ1v) is 7.27. The van der Waals surface area contributed by atoms with Gasteiger partial charge in [0.25, 0.3) is 0 Å². The Balaban J connectivity index is 1.99. The molecule has 1 aromatic carbocycles. The molecule has 20 heavy (non-hydrogen) atoms. The first-order valence-electron chi connectivity index (χ1n) is 7.27. The van der Waals surface area contributed by atoms with E-state index in [1.54, 1.807) is 0 Å². The zero-order valence-corrected chi connectivity index (χ0v) is 12.0. The van der Waals surface area contributed by atoms with Gasteiger partial charge in [-0.1, -0.05) is 37.6 Å². The van der Waals surface area contributed by atoms with E-state index in [4.69, 9.17) is 5.73 Å². The summed E-state index contributed by atoms with van der Waals surface area (Å²) in [6.07, 6.45) is 3.82. The van der Waals surface area contributed by atoms with E-state index in [1.807, 2.05) is 29.2 Å². The highest BCUT2D eigenvalue weighted by Crippen LogP contribution is 2.17. The molecular weight excluding hydrogens is 252 g/mol. The van der Waals surface area contributed by atoms with Crippen LogP contribution < -0.4 is 5.73 Å². The minimum Gasteiger partial charge on any atom is -0.368 e. The normalized spacial score (nSPS) is 19.1. The molecule has 0 aromatic heterocycles. The van der Waals surface area contributed by atoms with Crippen LogP contribution in [-0.2, 0) is 11.2 Å². The van der Waals surface area contributed by atoms with Gasteiger partial charge in [0.05, 0.1) is 12.6 Å². The molecule has 2 rings (SSSR count). The van der Waals surface area contributed by atoms with Gasteiger partial charge in [-0.2, -0.15) is 0 Å². The van der Waals surface area contributed by atoms with Gasteiger partial charge in [0.15, 0.2) is 5.78 Å². The van der Waals surface area contributed by atoms with Crippen molar-refractivity contribution in [2.24, 2.45) is 5.73 Å². The molecule has 1 amide bonds. The summed E-state index contributed by atoms with van der Waals surface area (Å²) >= 11 is 0. The van der Waals surface area contributed by atoms with E-state index in [0.29, 0.717) is 5.56 Å². The van der Waals surface area contributed by atoms with E-state index in [0.717, 1.165) is 32.2 Å². The second-order valence-electron chi connectivity index (χ2n) is 5.40. The Morgan fingerprint density at radius 2 is 2.00 bits per heavy atom. The predicted octanol–water partition coefficient (Wildman–Crippen LogP) is 1.77. The molecule has 0 radical (unpaired) electrons. The monoisotopic (exact) mass is 274 g/mol. The van der Waals surface area contributed by atoms with Gasteiger partial charge < -0.3 is 5.73 Å². The standard InChI is InChI=1S/C16H22N2O2/c1-2-4-12-6-8-13(9-7-12)15(19)11-18-10-3-5-14(18)16(17)20/h6-9,14H,2-5,10-11H2,1H3,(H2,17,20). The van der Waals surface area contributed by atoms with Crippen LogP contribution in [0.2, 0.25) is 0 Å². The van der Waals surface area contributed by atoms with Gasteiger partial charge in [0, 0.05) is 5.56 Å². The largest absolute Gasteiger partial charge is 0.368 e. The van der Waals surface area contributed by atoms with Crippen molar-refractivity contribution in [3.05, 3.63) is 35.4 Å². The van der Waals surface area contributed by atoms with Crippen molar-refractivity contribution in [3.63, 3.8) is 0 Å². The molecule has 4 nitrogen and oxygen atoms in total. The Kier molecular flexibility index (Phi) is 4.90. The zero-order valence-electron chi connectivity index (χ0n) is 12.0. The number of primary amides is 1. The van der Waals surface area contributed by atoms with Gasteiger partial charge in [0.2, 0.25) is 5.91 Å². The van der Waals surface area contributed by atoms with Crippen LogP contribution in [0.3, 0.4) is 0 Å². The van der Waals surface area contributed by atoms with Crippen molar-refractivity contribution in [1.82, 2.24) is 4.90 Å². The Hall–Kier alpha value is -1.68. The molecule has 1 saturated heterocycles. The number of nitrogens with zero attached hydrogens (tertiary/aromatic N) is 1. The van der Waals surface area contributed by atoms with Crippen LogP contribution in [0.15, 0.2) is 24.3 Å². The Morgan fingerprint density at radius 3 is 2.60 bits per heavy atom. The van der Waals surface area contributed by atoms with Crippen LogP contribution in [0.4, 0.5) is 0 Å². The first-order chi connectivity index (χ1) is 9.61. The summed E-state index contributed by atoms with van der Waals surface area (Å²) < 4.78 is 0. The Morgan fingerprint density at radius 1 is 1.30 bits per heavy atom. The van der Waals surface area contributed by atoms with Crippen LogP contribution in [-0.4, -0.2) is 35.7 Å². The molecule has 1 aliphatic heterocycles. The second-order valence-corrected chi connectivity index (χ2v) is 5.40. The summed E-state index contributed by atoms with van der Waals surface area (Å²) in [5.41, 5.74) is 7.32. The number of carbonyl (C=O) groups is 2. The van der Waals surface area contributed by atoms with Gasteiger partial charge in [0.1, 0.15) is 0 Å². The SMILES string of the molecule is CCCc1ccc(C(=O)CN2CCCC2C(N)=O)cc1. The molecular formula is C16H22N2O2. The molecule has 0 aliphatic carbocycles. The third-order valence-electron chi connectivity index (χ3n) is 3.85. The van der Waals surface area contributed by atoms with Crippen molar-refractivity contribution < 1.29 is 9.59 Å². The maximum absolute atomic E-state index is 12.2. The molecule has 2 N–H and O–H groups in total. The minimum atomic E-state index is -0.325. The van der Waals surface area contributed by atoms with E-state index in [1.165, 1.54) is 5.56 Å². The molecule has 1 fully saturated rings. The van der Waals surface area contributed by atoms with Crippen LogP contribution in [0.5, 0.6) is 0 Å². The molecule has 1 heterocycles. The summed E-state index contributed by atoms with van der Waals surface area (Å²) in [4.78, 5) is 25.5. The number of aryl methyl sites for hydroxylation is 1. The highest BCUT2D eigenvalue weighted by atomic mass is 16.1. The number of benzene rings is 1. The minimum absolute atomic E-state index is 0.0567. The van der Waals surface area contributed by atoms with Crippen molar-refractivity contribution in [2.75, 3.05) is 13.1 Å². The molecule has 0 bridgehead atoms. The average molecular weight is 274 g/mol. The lowest BCUT2D eigenvalue weighted by Crippen LogP contribution is -2.42. The highest BCUT2D eigenvalue weighted by molar-refractivity contribution is 5.98. The van der Waals surface area contributed by atoms with Gasteiger partial charge in [-0.3, -0.25) is 14.5 Å². The molecule has 4 heteroatoms. The summed E-state index contributed by atoms with van der Waals surface area (Å²) in [6.45, 7) is 3.18. The van der Waals surface area contributed by atoms with Gasteiger partial charge in [-0.25, -0.2) is 0 Å². The molecule has 1 aromatic rings. The lowest BCUT2D eigenvalue weighted by Gasteiger charge is -2.20. The number of rotatable bonds is 6. The lowest BCUT2D eigenvalue weighted by atomic mass is 10.0. The van der Waals surface area contributed by atoms with Crippen LogP contribution in [0.25, 0.3) is 0 Å². The number of nitrogens with two attached hydrogens (primary N) is 1. The zero-order chi connectivity index (χ0) is 14.5. The molecule has 1 atom stereocenters. The molecule has 0 spiro atoms. The number of carbonyl (C=O) groups excluding carboxylic acids is 2. The molecule has 0 saturated carbocycles. The van der Waals surface area contributed by atoms with Crippen LogP contribution in [0.1, 0.15) is 42.1 Å². The number of hydrogen-bond acceptors (Lipinski definition) is 3. The average Bonchev–Trinajstić information content (AvgIpc) is 2.88. The number of Topliss-reactive ketones (excluding diaryl/α,β-unsaturated/α-hetero) is 1. The third kappa shape index (κ3) is 3.45. The van der Waals surface area contributed by atoms with Crippen molar-refractivity contribution >= 4 is 11.7 Å². The summed E-state index contributed by atoms with van der Waals surface area (Å²) in [6, 6.07) is 7.49. The number of hydrogen-bond donors (Lipinski definition) is 1. The third-order valence-corrected chi connectivity index (χ3v) is 3.85. The highest BCUT2D eigenvalue weighted by Gasteiger charge is 2.30. The van der Waals surface area contributed by atoms with Gasteiger partial charge >= 0.3 is 0 Å². The number of likely N-dealkylation sites (tertiary alicyclic amines) is 1. The quantitative estimate of drug-likeness (QED) is 0.804. The van der Waals surface area contributed by atoms with Gasteiger partial charge in [-0.15, -0.1) is 0 Å². The van der Waals surface area contributed by atoms with Crippen molar-refractivity contribution in [2.45, 2.75) is 38.6 Å². The van der Waals surface area contributed by atoms with Crippen molar-refractivity contribution in [3.8, 4) is 0 Å². The fourth-order valence-corrected chi connectivity index (χ4v) is 2.76.